The highest BCUT2D eigenvalue weighted by Gasteiger charge is 2.21. The minimum atomic E-state index is -0.283. The highest BCUT2D eigenvalue weighted by molar-refractivity contribution is 5.76. The molecule has 4 rings (SSSR count). The largest absolute Gasteiger partial charge is 0.348 e. The van der Waals surface area contributed by atoms with E-state index in [2.05, 4.69) is 22.5 Å². The predicted octanol–water partition coefficient (Wildman–Crippen LogP) is 3.10. The number of carbonyl (C=O) groups is 1. The molecule has 1 aliphatic rings. The Labute approximate surface area is 157 Å². The zero-order chi connectivity index (χ0) is 18.6. The Bertz CT molecular complexity index is 1010. The molecule has 0 saturated heterocycles. The average Bonchev–Trinajstić information content (AvgIpc) is 2.70. The molecule has 5 heteroatoms. The van der Waals surface area contributed by atoms with E-state index in [1.807, 2.05) is 42.5 Å². The van der Waals surface area contributed by atoms with Gasteiger partial charge in [0.15, 0.2) is 0 Å². The molecule has 1 aromatic heterocycles. The summed E-state index contributed by atoms with van der Waals surface area (Å²) < 4.78 is 1.23. The number of rotatable bonds is 4. The molecule has 136 valence electrons. The van der Waals surface area contributed by atoms with Crippen LogP contribution in [0.3, 0.4) is 0 Å². The quantitative estimate of drug-likeness (QED) is 0.778. The monoisotopic (exact) mass is 359 g/mol. The first-order valence-electron chi connectivity index (χ1n) is 9.21. The predicted molar refractivity (Wildman–Crippen MR) is 104 cm³/mol. The molecule has 3 aromatic rings. The fourth-order valence-corrected chi connectivity index (χ4v) is 3.60. The first kappa shape index (κ1) is 17.2. The minimum Gasteiger partial charge on any atom is -0.348 e. The summed E-state index contributed by atoms with van der Waals surface area (Å²) in [5.74, 6) is -0.198. The normalized spacial score (nSPS) is 15.8. The molecule has 1 amide bonds. The van der Waals surface area contributed by atoms with Crippen LogP contribution in [0.4, 0.5) is 0 Å². The lowest BCUT2D eigenvalue weighted by Gasteiger charge is -2.26. The van der Waals surface area contributed by atoms with Gasteiger partial charge < -0.3 is 5.32 Å². The summed E-state index contributed by atoms with van der Waals surface area (Å²) in [7, 11) is 0. The van der Waals surface area contributed by atoms with Crippen molar-refractivity contribution in [3.63, 3.8) is 0 Å². The number of hydrogen-bond donors (Lipinski definition) is 1. The Morgan fingerprint density at radius 1 is 1.04 bits per heavy atom. The molecular weight excluding hydrogens is 338 g/mol. The van der Waals surface area contributed by atoms with Gasteiger partial charge >= 0.3 is 0 Å². The van der Waals surface area contributed by atoms with Crippen LogP contribution in [0.25, 0.3) is 11.3 Å². The Hall–Kier alpha value is -3.21. The van der Waals surface area contributed by atoms with Crippen molar-refractivity contribution in [2.75, 3.05) is 0 Å². The number of amides is 1. The molecule has 0 bridgehead atoms. The molecule has 2 aromatic carbocycles. The Morgan fingerprint density at radius 2 is 1.81 bits per heavy atom. The Balaban J connectivity index is 1.51. The van der Waals surface area contributed by atoms with E-state index in [1.165, 1.54) is 21.9 Å². The number of carbonyl (C=O) groups excluding carboxylic acids is 1. The third-order valence-electron chi connectivity index (χ3n) is 4.93. The fourth-order valence-electron chi connectivity index (χ4n) is 3.60. The van der Waals surface area contributed by atoms with E-state index in [9.17, 15) is 9.59 Å². The maximum Gasteiger partial charge on any atom is 0.267 e. The maximum atomic E-state index is 12.6. The molecule has 27 heavy (non-hydrogen) atoms. The number of aromatic nitrogens is 2. The van der Waals surface area contributed by atoms with Crippen LogP contribution in [0.5, 0.6) is 0 Å². The van der Waals surface area contributed by atoms with Gasteiger partial charge in [0.05, 0.1) is 11.7 Å². The van der Waals surface area contributed by atoms with Gasteiger partial charge in [0.1, 0.15) is 6.54 Å². The summed E-state index contributed by atoms with van der Waals surface area (Å²) >= 11 is 0. The van der Waals surface area contributed by atoms with Crippen LogP contribution < -0.4 is 10.9 Å². The van der Waals surface area contributed by atoms with Gasteiger partial charge in [-0.05, 0) is 36.5 Å². The zero-order valence-electron chi connectivity index (χ0n) is 15.0. The van der Waals surface area contributed by atoms with Crippen molar-refractivity contribution >= 4 is 5.91 Å². The van der Waals surface area contributed by atoms with Crippen molar-refractivity contribution in [3.8, 4) is 11.3 Å². The lowest BCUT2D eigenvalue weighted by Crippen LogP contribution is -2.36. The lowest BCUT2D eigenvalue weighted by molar-refractivity contribution is -0.122. The fraction of sp³-hybridized carbons (Fsp3) is 0.227. The number of nitrogens with zero attached hydrogens (tertiary/aromatic N) is 2. The summed E-state index contributed by atoms with van der Waals surface area (Å²) in [5.41, 5.74) is 3.76. The lowest BCUT2D eigenvalue weighted by atomic mass is 9.88. The standard InChI is InChI=1S/C22H21N3O2/c26-21(23-20-12-6-10-16-7-4-5-11-18(16)20)15-25-22(27)14-13-19(24-25)17-8-2-1-3-9-17/h1-5,7-9,11,13-14,20H,6,10,12,15H2,(H,23,26). The first-order chi connectivity index (χ1) is 13.2. The van der Waals surface area contributed by atoms with Gasteiger partial charge in [-0.1, -0.05) is 54.6 Å². The molecule has 0 aliphatic heterocycles. The highest BCUT2D eigenvalue weighted by Crippen LogP contribution is 2.29. The molecule has 0 spiro atoms. The van der Waals surface area contributed by atoms with E-state index in [1.54, 1.807) is 6.07 Å². The number of hydrogen-bond acceptors (Lipinski definition) is 3. The van der Waals surface area contributed by atoms with Crippen molar-refractivity contribution in [1.29, 1.82) is 0 Å². The van der Waals surface area contributed by atoms with Gasteiger partial charge in [0.25, 0.3) is 5.56 Å². The van der Waals surface area contributed by atoms with Gasteiger partial charge in [0.2, 0.25) is 5.91 Å². The van der Waals surface area contributed by atoms with Gasteiger partial charge in [-0.15, -0.1) is 0 Å². The van der Waals surface area contributed by atoms with Crippen LogP contribution in [0.1, 0.15) is 30.0 Å². The topological polar surface area (TPSA) is 64.0 Å². The average molecular weight is 359 g/mol. The van der Waals surface area contributed by atoms with Crippen molar-refractivity contribution in [1.82, 2.24) is 15.1 Å². The summed E-state index contributed by atoms with van der Waals surface area (Å²) in [4.78, 5) is 24.7. The van der Waals surface area contributed by atoms with E-state index < -0.39 is 0 Å². The molecule has 5 nitrogen and oxygen atoms in total. The van der Waals surface area contributed by atoms with E-state index in [4.69, 9.17) is 0 Å². The summed E-state index contributed by atoms with van der Waals surface area (Å²) in [5, 5.41) is 7.43. The summed E-state index contributed by atoms with van der Waals surface area (Å²) in [6, 6.07) is 21.0. The van der Waals surface area contributed by atoms with Crippen molar-refractivity contribution < 1.29 is 4.79 Å². The van der Waals surface area contributed by atoms with Crippen LogP contribution in [-0.4, -0.2) is 15.7 Å². The van der Waals surface area contributed by atoms with Gasteiger partial charge in [-0.2, -0.15) is 5.10 Å². The van der Waals surface area contributed by atoms with Crippen LogP contribution in [0.2, 0.25) is 0 Å². The second kappa shape index (κ2) is 7.58. The highest BCUT2D eigenvalue weighted by atomic mass is 16.2. The third-order valence-corrected chi connectivity index (χ3v) is 4.93. The second-order valence-corrected chi connectivity index (χ2v) is 6.79. The van der Waals surface area contributed by atoms with Crippen LogP contribution >= 0.6 is 0 Å². The molecular formula is C22H21N3O2. The smallest absolute Gasteiger partial charge is 0.267 e. The van der Waals surface area contributed by atoms with Gasteiger partial charge in [0, 0.05) is 11.6 Å². The van der Waals surface area contributed by atoms with Crippen LogP contribution in [0.15, 0.2) is 71.5 Å². The molecule has 1 atom stereocenters. The van der Waals surface area contributed by atoms with E-state index in [0.717, 1.165) is 24.8 Å². The third kappa shape index (κ3) is 3.82. The summed E-state index contributed by atoms with van der Waals surface area (Å²) in [6.45, 7) is -0.0851. The van der Waals surface area contributed by atoms with E-state index >= 15 is 0 Å². The van der Waals surface area contributed by atoms with Gasteiger partial charge in [-0.3, -0.25) is 9.59 Å². The number of aryl methyl sites for hydroxylation is 1. The number of benzene rings is 2. The molecule has 1 heterocycles. The second-order valence-electron chi connectivity index (χ2n) is 6.79. The SMILES string of the molecule is O=C(Cn1nc(-c2ccccc2)ccc1=O)NC1CCCc2ccccc21. The maximum absolute atomic E-state index is 12.6. The Morgan fingerprint density at radius 3 is 2.67 bits per heavy atom. The van der Waals surface area contributed by atoms with E-state index in [-0.39, 0.29) is 24.1 Å². The zero-order valence-corrected chi connectivity index (χ0v) is 15.0. The van der Waals surface area contributed by atoms with Crippen molar-refractivity contribution in [2.45, 2.75) is 31.8 Å². The van der Waals surface area contributed by atoms with Crippen molar-refractivity contribution in [3.05, 3.63) is 88.2 Å². The molecule has 0 radical (unpaired) electrons. The van der Waals surface area contributed by atoms with Crippen molar-refractivity contribution in [2.24, 2.45) is 0 Å². The molecule has 1 aliphatic carbocycles. The van der Waals surface area contributed by atoms with Gasteiger partial charge in [-0.25, -0.2) is 4.68 Å². The number of nitrogens with one attached hydrogen (secondary N) is 1. The first-order valence-corrected chi connectivity index (χ1v) is 9.21. The molecule has 0 fully saturated rings. The molecule has 0 saturated carbocycles. The van der Waals surface area contributed by atoms with Crippen LogP contribution in [-0.2, 0) is 17.8 Å². The molecule has 1 N–H and O–H groups in total. The summed E-state index contributed by atoms with van der Waals surface area (Å²) in [6.07, 6.45) is 3.00. The van der Waals surface area contributed by atoms with Crippen LogP contribution in [0, 0.1) is 0 Å². The number of fused-ring (bicyclic) bond motifs is 1. The Kier molecular flexibility index (Phi) is 4.83. The van der Waals surface area contributed by atoms with E-state index in [0.29, 0.717) is 5.69 Å². The minimum absolute atomic E-state index is 0.00421. The molecule has 1 unspecified atom stereocenters.